The first-order valence-corrected chi connectivity index (χ1v) is 6.06. The molecule has 16 heavy (non-hydrogen) atoms. The summed E-state index contributed by atoms with van der Waals surface area (Å²) in [6.07, 6.45) is 3.24. The fourth-order valence-corrected chi connectivity index (χ4v) is 1.96. The van der Waals surface area contributed by atoms with E-state index in [4.69, 9.17) is 5.11 Å². The van der Waals surface area contributed by atoms with Crippen molar-refractivity contribution in [2.45, 2.75) is 6.54 Å². The van der Waals surface area contributed by atoms with Crippen molar-refractivity contribution in [2.75, 3.05) is 12.8 Å². The molecule has 90 valence electrons. The Kier molecular flexibility index (Phi) is 3.66. The first-order chi connectivity index (χ1) is 7.33. The van der Waals surface area contributed by atoms with Crippen LogP contribution in [0.2, 0.25) is 0 Å². The van der Waals surface area contributed by atoms with E-state index in [1.807, 2.05) is 0 Å². The van der Waals surface area contributed by atoms with Gasteiger partial charge in [-0.2, -0.15) is 4.31 Å². The Morgan fingerprint density at radius 3 is 2.69 bits per heavy atom. The average Bonchev–Trinajstić information content (AvgIpc) is 2.49. The van der Waals surface area contributed by atoms with Crippen molar-refractivity contribution in [2.24, 2.45) is 7.05 Å². The highest BCUT2D eigenvalue weighted by molar-refractivity contribution is 7.89. The Bertz CT molecular complexity index is 479. The summed E-state index contributed by atoms with van der Waals surface area (Å²) in [6, 6.07) is 0. The zero-order valence-electron chi connectivity index (χ0n) is 8.99. The van der Waals surface area contributed by atoms with Crippen LogP contribution in [0.25, 0.3) is 0 Å². The summed E-state index contributed by atoms with van der Waals surface area (Å²) in [5.41, 5.74) is 0. The van der Waals surface area contributed by atoms with E-state index in [-0.39, 0.29) is 6.54 Å². The van der Waals surface area contributed by atoms with Crippen LogP contribution in [0.4, 0.5) is 0 Å². The molecule has 1 heterocycles. The first-order valence-electron chi connectivity index (χ1n) is 4.45. The minimum absolute atomic E-state index is 0.0547. The van der Waals surface area contributed by atoms with E-state index in [9.17, 15) is 13.2 Å². The molecule has 8 heteroatoms. The zero-order valence-corrected chi connectivity index (χ0v) is 9.81. The van der Waals surface area contributed by atoms with Gasteiger partial charge in [0.05, 0.1) is 6.54 Å². The molecule has 0 amide bonds. The Morgan fingerprint density at radius 1 is 1.62 bits per heavy atom. The minimum atomic E-state index is -3.77. The van der Waals surface area contributed by atoms with E-state index in [1.54, 1.807) is 24.0 Å². The Morgan fingerprint density at radius 2 is 2.25 bits per heavy atom. The summed E-state index contributed by atoms with van der Waals surface area (Å²) in [6.45, 7) is 0.0547. The third-order valence-electron chi connectivity index (χ3n) is 2.07. The smallest absolute Gasteiger partial charge is 0.320 e. The SMILES string of the molecule is CN(Cc1nccn1C)S(=O)(=O)CC(=O)O. The van der Waals surface area contributed by atoms with E-state index in [0.717, 1.165) is 4.31 Å². The van der Waals surface area contributed by atoms with Crippen LogP contribution in [-0.4, -0.2) is 46.2 Å². The zero-order chi connectivity index (χ0) is 12.3. The number of carboxylic acid groups (broad SMARTS) is 1. The van der Waals surface area contributed by atoms with Crippen LogP contribution < -0.4 is 0 Å². The minimum Gasteiger partial charge on any atom is -0.480 e. The maximum Gasteiger partial charge on any atom is 0.320 e. The molecule has 1 aromatic rings. The maximum absolute atomic E-state index is 11.5. The molecule has 0 bridgehead atoms. The number of rotatable bonds is 5. The second-order valence-electron chi connectivity index (χ2n) is 3.36. The summed E-state index contributed by atoms with van der Waals surface area (Å²) in [7, 11) is -0.709. The fourth-order valence-electron chi connectivity index (χ4n) is 1.11. The van der Waals surface area contributed by atoms with Gasteiger partial charge in [-0.15, -0.1) is 0 Å². The lowest BCUT2D eigenvalue weighted by Crippen LogP contribution is -2.32. The molecule has 0 atom stereocenters. The Balaban J connectivity index is 2.76. The molecule has 0 aromatic carbocycles. The van der Waals surface area contributed by atoms with Gasteiger partial charge in [-0.05, 0) is 0 Å². The molecule has 1 rings (SSSR count). The summed E-state index contributed by atoms with van der Waals surface area (Å²) in [4.78, 5) is 14.3. The summed E-state index contributed by atoms with van der Waals surface area (Å²) in [5, 5.41) is 8.45. The van der Waals surface area contributed by atoms with Gasteiger partial charge in [-0.3, -0.25) is 4.79 Å². The van der Waals surface area contributed by atoms with Crippen LogP contribution in [0.15, 0.2) is 12.4 Å². The van der Waals surface area contributed by atoms with E-state index in [0.29, 0.717) is 5.82 Å². The number of hydrogen-bond acceptors (Lipinski definition) is 4. The van der Waals surface area contributed by atoms with Crippen LogP contribution in [0.5, 0.6) is 0 Å². The maximum atomic E-state index is 11.5. The molecule has 0 fully saturated rings. The van der Waals surface area contributed by atoms with Crippen LogP contribution >= 0.6 is 0 Å². The molecule has 0 unspecified atom stereocenters. The molecule has 0 spiro atoms. The highest BCUT2D eigenvalue weighted by Gasteiger charge is 2.22. The van der Waals surface area contributed by atoms with Crippen LogP contribution in [0.3, 0.4) is 0 Å². The van der Waals surface area contributed by atoms with Crippen molar-refractivity contribution in [3.8, 4) is 0 Å². The summed E-state index contributed by atoms with van der Waals surface area (Å²) >= 11 is 0. The third kappa shape index (κ3) is 3.04. The third-order valence-corrected chi connectivity index (χ3v) is 3.76. The van der Waals surface area contributed by atoms with Gasteiger partial charge < -0.3 is 9.67 Å². The van der Waals surface area contributed by atoms with Crippen molar-refractivity contribution in [1.82, 2.24) is 13.9 Å². The van der Waals surface area contributed by atoms with Gasteiger partial charge >= 0.3 is 5.97 Å². The van der Waals surface area contributed by atoms with E-state index in [2.05, 4.69) is 4.98 Å². The van der Waals surface area contributed by atoms with Gasteiger partial charge in [0.15, 0.2) is 5.75 Å². The molecule has 1 N–H and O–H groups in total. The second kappa shape index (κ2) is 4.62. The van der Waals surface area contributed by atoms with Crippen LogP contribution in [0.1, 0.15) is 5.82 Å². The number of hydrogen-bond donors (Lipinski definition) is 1. The van der Waals surface area contributed by atoms with E-state index < -0.39 is 21.7 Å². The summed E-state index contributed by atoms with van der Waals surface area (Å²) in [5.74, 6) is -1.73. The summed E-state index contributed by atoms with van der Waals surface area (Å²) < 4.78 is 25.6. The standard InChI is InChI=1S/C8H13N3O4S/c1-10-4-3-9-7(10)5-11(2)16(14,15)6-8(12)13/h3-4H,5-6H2,1-2H3,(H,12,13). The van der Waals surface area contributed by atoms with Gasteiger partial charge in [-0.25, -0.2) is 13.4 Å². The quantitative estimate of drug-likeness (QED) is 0.740. The number of carboxylic acids is 1. The lowest BCUT2D eigenvalue weighted by molar-refractivity contribution is -0.134. The first kappa shape index (κ1) is 12.7. The largest absolute Gasteiger partial charge is 0.480 e. The van der Waals surface area contributed by atoms with Crippen molar-refractivity contribution in [3.63, 3.8) is 0 Å². The molecule has 1 aromatic heterocycles. The monoisotopic (exact) mass is 247 g/mol. The van der Waals surface area contributed by atoms with Gasteiger partial charge in [0, 0.05) is 26.5 Å². The number of aryl methyl sites for hydroxylation is 1. The molecule has 0 saturated carbocycles. The van der Waals surface area contributed by atoms with Gasteiger partial charge in [0.25, 0.3) is 0 Å². The number of carbonyl (C=O) groups is 1. The molecule has 0 saturated heterocycles. The number of aliphatic carboxylic acids is 1. The number of aromatic nitrogens is 2. The van der Waals surface area contributed by atoms with Crippen molar-refractivity contribution in [3.05, 3.63) is 18.2 Å². The topological polar surface area (TPSA) is 92.5 Å². The Labute approximate surface area is 93.4 Å². The Hall–Kier alpha value is -1.41. The molecule has 0 aliphatic heterocycles. The average molecular weight is 247 g/mol. The van der Waals surface area contributed by atoms with Crippen LogP contribution in [-0.2, 0) is 28.4 Å². The lowest BCUT2D eigenvalue weighted by Gasteiger charge is -2.15. The lowest BCUT2D eigenvalue weighted by atomic mass is 10.6. The number of imidazole rings is 1. The highest BCUT2D eigenvalue weighted by Crippen LogP contribution is 2.05. The highest BCUT2D eigenvalue weighted by atomic mass is 32.2. The molecule has 0 radical (unpaired) electrons. The molecular formula is C8H13N3O4S. The number of nitrogens with zero attached hydrogens (tertiary/aromatic N) is 3. The van der Waals surface area contributed by atoms with Gasteiger partial charge in [0.1, 0.15) is 5.82 Å². The van der Waals surface area contributed by atoms with Crippen molar-refractivity contribution >= 4 is 16.0 Å². The van der Waals surface area contributed by atoms with Crippen molar-refractivity contribution in [1.29, 1.82) is 0 Å². The molecular weight excluding hydrogens is 234 g/mol. The molecule has 0 aliphatic carbocycles. The van der Waals surface area contributed by atoms with Gasteiger partial charge in [0.2, 0.25) is 10.0 Å². The van der Waals surface area contributed by atoms with E-state index >= 15 is 0 Å². The van der Waals surface area contributed by atoms with Gasteiger partial charge in [-0.1, -0.05) is 0 Å². The molecule has 7 nitrogen and oxygen atoms in total. The predicted octanol–water partition coefficient (Wildman–Crippen LogP) is -0.734. The van der Waals surface area contributed by atoms with Crippen LogP contribution in [0, 0.1) is 0 Å². The second-order valence-corrected chi connectivity index (χ2v) is 5.44. The van der Waals surface area contributed by atoms with Crippen molar-refractivity contribution < 1.29 is 18.3 Å². The molecule has 0 aliphatic rings. The number of sulfonamides is 1. The normalized spacial score (nSPS) is 11.9. The van der Waals surface area contributed by atoms with E-state index in [1.165, 1.54) is 7.05 Å². The fraction of sp³-hybridized carbons (Fsp3) is 0.500. The predicted molar refractivity (Wildman–Crippen MR) is 56.1 cm³/mol.